The van der Waals surface area contributed by atoms with E-state index >= 15 is 0 Å². The first-order chi connectivity index (χ1) is 6.63. The Kier molecular flexibility index (Phi) is 6.74. The van der Waals surface area contributed by atoms with E-state index in [4.69, 9.17) is 4.84 Å². The summed E-state index contributed by atoms with van der Waals surface area (Å²) >= 11 is 0. The minimum Gasteiger partial charge on any atom is -0.469 e. The molecule has 14 heavy (non-hydrogen) atoms. The zero-order valence-corrected chi connectivity index (χ0v) is 8.91. The van der Waals surface area contributed by atoms with Crippen LogP contribution in [0.4, 0.5) is 0 Å². The van der Waals surface area contributed by atoms with Crippen LogP contribution in [0, 0.1) is 0 Å². The lowest BCUT2D eigenvalue weighted by Gasteiger charge is -2.16. The first-order valence-corrected chi connectivity index (χ1v) is 4.66. The molecule has 0 aliphatic carbocycles. The van der Waals surface area contributed by atoms with E-state index in [0.29, 0.717) is 13.1 Å². The molecule has 0 radical (unpaired) electrons. The zero-order valence-electron chi connectivity index (χ0n) is 8.91. The Hall–Kier alpha value is -1.10. The van der Waals surface area contributed by atoms with Crippen LogP contribution in [-0.2, 0) is 19.2 Å². The fraction of sp³-hybridized carbons (Fsp3) is 0.778. The van der Waals surface area contributed by atoms with Crippen LogP contribution in [0.2, 0.25) is 0 Å². The molecule has 0 heterocycles. The van der Waals surface area contributed by atoms with Crippen molar-refractivity contribution < 1.29 is 19.2 Å². The number of esters is 1. The monoisotopic (exact) mass is 203 g/mol. The summed E-state index contributed by atoms with van der Waals surface area (Å²) in [6, 6.07) is 0. The summed E-state index contributed by atoms with van der Waals surface area (Å²) < 4.78 is 4.40. The number of carbonyl (C=O) groups is 2. The molecule has 82 valence electrons. The maximum Gasteiger partial charge on any atom is 0.325 e. The van der Waals surface area contributed by atoms with E-state index < -0.39 is 11.9 Å². The average molecular weight is 203 g/mol. The molecule has 0 unspecified atom stereocenters. The maximum atomic E-state index is 11.1. The smallest absolute Gasteiger partial charge is 0.325 e. The van der Waals surface area contributed by atoms with Crippen LogP contribution in [0.15, 0.2) is 0 Å². The Morgan fingerprint density at radius 2 is 1.57 bits per heavy atom. The van der Waals surface area contributed by atoms with Gasteiger partial charge in [-0.15, -0.1) is 5.06 Å². The molecule has 0 amide bonds. The van der Waals surface area contributed by atoms with E-state index in [2.05, 4.69) is 4.74 Å². The molecular weight excluding hydrogens is 186 g/mol. The van der Waals surface area contributed by atoms with Crippen LogP contribution in [0.5, 0.6) is 0 Å². The van der Waals surface area contributed by atoms with E-state index in [-0.39, 0.29) is 12.8 Å². The number of ether oxygens (including phenoxy) is 1. The molecule has 0 aromatic heterocycles. The highest BCUT2D eigenvalue weighted by Gasteiger charge is 2.10. The van der Waals surface area contributed by atoms with Gasteiger partial charge in [0.15, 0.2) is 0 Å². The summed E-state index contributed by atoms with van der Waals surface area (Å²) in [4.78, 5) is 26.7. The van der Waals surface area contributed by atoms with Crippen molar-refractivity contribution in [2.75, 3.05) is 20.2 Å². The Bertz CT molecular complexity index is 189. The summed E-state index contributed by atoms with van der Waals surface area (Å²) in [6.45, 7) is 5.05. The summed E-state index contributed by atoms with van der Waals surface area (Å²) in [7, 11) is 1.29. The Labute approximate surface area is 83.9 Å². The molecule has 5 nitrogen and oxygen atoms in total. The van der Waals surface area contributed by atoms with E-state index in [9.17, 15) is 9.59 Å². The normalized spacial score (nSPS) is 10.0. The number of rotatable bonds is 6. The second-order valence-corrected chi connectivity index (χ2v) is 2.65. The van der Waals surface area contributed by atoms with Crippen LogP contribution in [0.25, 0.3) is 0 Å². The summed E-state index contributed by atoms with van der Waals surface area (Å²) in [6.07, 6.45) is 0.125. The minimum atomic E-state index is -0.404. The van der Waals surface area contributed by atoms with E-state index in [0.717, 1.165) is 0 Å². The van der Waals surface area contributed by atoms with Crippen LogP contribution in [-0.4, -0.2) is 37.2 Å². The Morgan fingerprint density at radius 1 is 1.07 bits per heavy atom. The SMILES string of the molecule is CCN(CC)OC(=O)CCC(=O)OC. The molecule has 0 aliphatic rings. The summed E-state index contributed by atoms with van der Waals surface area (Å²) in [5.74, 6) is -0.805. The molecule has 0 bridgehead atoms. The molecule has 0 spiro atoms. The standard InChI is InChI=1S/C9H17NO4/c1-4-10(5-2)14-9(12)7-6-8(11)13-3/h4-7H2,1-3H3. The molecule has 0 rings (SSSR count). The topological polar surface area (TPSA) is 55.8 Å². The number of hydrogen-bond donors (Lipinski definition) is 0. The highest BCUT2D eigenvalue weighted by molar-refractivity contribution is 5.77. The third kappa shape index (κ3) is 5.53. The van der Waals surface area contributed by atoms with Crippen molar-refractivity contribution >= 4 is 11.9 Å². The molecule has 0 N–H and O–H groups in total. The third-order valence-electron chi connectivity index (χ3n) is 1.70. The summed E-state index contributed by atoms with van der Waals surface area (Å²) in [5.41, 5.74) is 0. The zero-order chi connectivity index (χ0) is 11.0. The third-order valence-corrected chi connectivity index (χ3v) is 1.70. The van der Waals surface area contributed by atoms with Crippen molar-refractivity contribution in [3.05, 3.63) is 0 Å². The quantitative estimate of drug-likeness (QED) is 0.470. The van der Waals surface area contributed by atoms with Crippen LogP contribution in [0.3, 0.4) is 0 Å². The van der Waals surface area contributed by atoms with Crippen molar-refractivity contribution in [1.82, 2.24) is 5.06 Å². The predicted molar refractivity (Wildman–Crippen MR) is 50.3 cm³/mol. The van der Waals surface area contributed by atoms with E-state index in [1.165, 1.54) is 12.2 Å². The number of hydroxylamine groups is 2. The van der Waals surface area contributed by atoms with Gasteiger partial charge in [0.25, 0.3) is 0 Å². The largest absolute Gasteiger partial charge is 0.469 e. The lowest BCUT2D eigenvalue weighted by Crippen LogP contribution is -2.27. The molecule has 0 aromatic rings. The molecule has 0 saturated carbocycles. The van der Waals surface area contributed by atoms with Gasteiger partial charge in [0, 0.05) is 13.1 Å². The van der Waals surface area contributed by atoms with Gasteiger partial charge in [-0.05, 0) is 13.8 Å². The molecule has 0 fully saturated rings. The highest BCUT2D eigenvalue weighted by Crippen LogP contribution is 1.98. The first-order valence-electron chi connectivity index (χ1n) is 4.66. The molecule has 0 atom stereocenters. The predicted octanol–water partition coefficient (Wildman–Crippen LogP) is 0.740. The average Bonchev–Trinajstić information content (AvgIpc) is 2.22. The first kappa shape index (κ1) is 12.9. The Morgan fingerprint density at radius 3 is 2.00 bits per heavy atom. The fourth-order valence-electron chi connectivity index (χ4n) is 0.849. The number of hydrogen-bond acceptors (Lipinski definition) is 5. The van der Waals surface area contributed by atoms with Gasteiger partial charge in [0.05, 0.1) is 20.0 Å². The minimum absolute atomic E-state index is 0.0587. The number of methoxy groups -OCH3 is 1. The van der Waals surface area contributed by atoms with Crippen molar-refractivity contribution in [2.45, 2.75) is 26.7 Å². The van der Waals surface area contributed by atoms with E-state index in [1.54, 1.807) is 0 Å². The second kappa shape index (κ2) is 7.32. The van der Waals surface area contributed by atoms with E-state index in [1.807, 2.05) is 13.8 Å². The molecule has 5 heteroatoms. The second-order valence-electron chi connectivity index (χ2n) is 2.65. The number of carbonyl (C=O) groups excluding carboxylic acids is 2. The van der Waals surface area contributed by atoms with Crippen LogP contribution < -0.4 is 0 Å². The maximum absolute atomic E-state index is 11.1. The van der Waals surface area contributed by atoms with Crippen molar-refractivity contribution in [2.24, 2.45) is 0 Å². The van der Waals surface area contributed by atoms with Gasteiger partial charge in [0.2, 0.25) is 0 Å². The van der Waals surface area contributed by atoms with Crippen molar-refractivity contribution in [1.29, 1.82) is 0 Å². The van der Waals surface area contributed by atoms with Crippen LogP contribution >= 0.6 is 0 Å². The Balaban J connectivity index is 3.69. The number of nitrogens with zero attached hydrogens (tertiary/aromatic N) is 1. The lowest BCUT2D eigenvalue weighted by atomic mass is 10.3. The van der Waals surface area contributed by atoms with Crippen molar-refractivity contribution in [3.63, 3.8) is 0 Å². The van der Waals surface area contributed by atoms with Crippen molar-refractivity contribution in [3.8, 4) is 0 Å². The fourth-order valence-corrected chi connectivity index (χ4v) is 0.849. The van der Waals surface area contributed by atoms with Gasteiger partial charge in [0.1, 0.15) is 0 Å². The van der Waals surface area contributed by atoms with Gasteiger partial charge in [-0.1, -0.05) is 0 Å². The van der Waals surface area contributed by atoms with Gasteiger partial charge >= 0.3 is 11.9 Å². The van der Waals surface area contributed by atoms with Gasteiger partial charge in [-0.25, -0.2) is 0 Å². The molecule has 0 aromatic carbocycles. The summed E-state index contributed by atoms with van der Waals surface area (Å²) in [5, 5.41) is 1.53. The highest BCUT2D eigenvalue weighted by atomic mass is 16.7. The van der Waals surface area contributed by atoms with Gasteiger partial charge in [-0.2, -0.15) is 0 Å². The molecular formula is C9H17NO4. The van der Waals surface area contributed by atoms with Gasteiger partial charge < -0.3 is 9.57 Å². The molecule has 0 saturated heterocycles. The molecule has 0 aliphatic heterocycles. The van der Waals surface area contributed by atoms with Crippen LogP contribution in [0.1, 0.15) is 26.7 Å². The van der Waals surface area contributed by atoms with Gasteiger partial charge in [-0.3, -0.25) is 9.59 Å². The lowest BCUT2D eigenvalue weighted by molar-refractivity contribution is -0.189.